The third-order valence-electron chi connectivity index (χ3n) is 4.11. The van der Waals surface area contributed by atoms with Crippen LogP contribution in [-0.2, 0) is 9.47 Å². The van der Waals surface area contributed by atoms with Crippen molar-refractivity contribution < 1.29 is 18.9 Å². The second-order valence-electron chi connectivity index (χ2n) is 5.20. The van der Waals surface area contributed by atoms with Crippen LogP contribution in [0.15, 0.2) is 18.2 Å². The summed E-state index contributed by atoms with van der Waals surface area (Å²) in [6, 6.07) is 5.39. The number of nitrogens with two attached hydrogens (primary N) is 1. The average Bonchev–Trinajstić information content (AvgIpc) is 2.54. The predicted octanol–water partition coefficient (Wildman–Crippen LogP) is 2.29. The Morgan fingerprint density at radius 3 is 2.52 bits per heavy atom. The molecule has 1 atom stereocenters. The molecule has 0 aliphatic carbocycles. The Morgan fingerprint density at radius 1 is 1.24 bits per heavy atom. The van der Waals surface area contributed by atoms with Crippen molar-refractivity contribution in [2.75, 3.05) is 34.0 Å². The van der Waals surface area contributed by atoms with E-state index >= 15 is 0 Å². The molecule has 0 bridgehead atoms. The van der Waals surface area contributed by atoms with Gasteiger partial charge in [-0.25, -0.2) is 0 Å². The molecule has 1 unspecified atom stereocenters. The fraction of sp³-hybridized carbons (Fsp3) is 0.625. The van der Waals surface area contributed by atoms with Crippen molar-refractivity contribution in [2.45, 2.75) is 31.4 Å². The highest BCUT2D eigenvalue weighted by atomic mass is 16.5. The Labute approximate surface area is 126 Å². The van der Waals surface area contributed by atoms with E-state index in [-0.39, 0.29) is 6.04 Å². The third-order valence-corrected chi connectivity index (χ3v) is 4.11. The van der Waals surface area contributed by atoms with Crippen molar-refractivity contribution in [3.63, 3.8) is 0 Å². The Morgan fingerprint density at radius 2 is 1.95 bits per heavy atom. The maximum atomic E-state index is 6.57. The van der Waals surface area contributed by atoms with Crippen LogP contribution in [0.5, 0.6) is 11.5 Å². The molecule has 5 nitrogen and oxygen atoms in total. The number of hydrogen-bond donors (Lipinski definition) is 1. The molecule has 118 valence electrons. The lowest BCUT2D eigenvalue weighted by atomic mass is 9.82. The summed E-state index contributed by atoms with van der Waals surface area (Å²) < 4.78 is 22.3. The summed E-state index contributed by atoms with van der Waals surface area (Å²) in [5.74, 6) is 1.52. The van der Waals surface area contributed by atoms with Crippen LogP contribution in [0.1, 0.15) is 31.4 Å². The van der Waals surface area contributed by atoms with Crippen molar-refractivity contribution in [3.05, 3.63) is 23.8 Å². The van der Waals surface area contributed by atoms with Gasteiger partial charge in [0.1, 0.15) is 11.5 Å². The first-order valence-corrected chi connectivity index (χ1v) is 7.36. The quantitative estimate of drug-likeness (QED) is 0.872. The minimum absolute atomic E-state index is 0.286. The standard InChI is InChI=1S/C16H25NO4/c1-4-21-16(7-9-20-10-8-16)15(17)13-11-12(18-2)5-6-14(13)19-3/h5-6,11,15H,4,7-10,17H2,1-3H3. The molecule has 1 aromatic rings. The zero-order chi connectivity index (χ0) is 15.3. The molecule has 1 aromatic carbocycles. The smallest absolute Gasteiger partial charge is 0.124 e. The van der Waals surface area contributed by atoms with Crippen molar-refractivity contribution in [1.82, 2.24) is 0 Å². The van der Waals surface area contributed by atoms with Gasteiger partial charge in [-0.15, -0.1) is 0 Å². The van der Waals surface area contributed by atoms with Crippen molar-refractivity contribution >= 4 is 0 Å². The van der Waals surface area contributed by atoms with Crippen molar-refractivity contribution in [2.24, 2.45) is 5.73 Å². The van der Waals surface area contributed by atoms with Gasteiger partial charge in [-0.05, 0) is 25.1 Å². The summed E-state index contributed by atoms with van der Waals surface area (Å²) in [6.07, 6.45) is 1.56. The lowest BCUT2D eigenvalue weighted by molar-refractivity contribution is -0.122. The third kappa shape index (κ3) is 3.31. The SMILES string of the molecule is CCOC1(C(N)c2cc(OC)ccc2OC)CCOCC1. The largest absolute Gasteiger partial charge is 0.497 e. The van der Waals surface area contributed by atoms with E-state index in [4.69, 9.17) is 24.7 Å². The van der Waals surface area contributed by atoms with E-state index in [0.717, 1.165) is 29.9 Å². The summed E-state index contributed by atoms with van der Waals surface area (Å²) in [5.41, 5.74) is 7.07. The molecule has 2 N–H and O–H groups in total. The molecule has 1 heterocycles. The van der Waals surface area contributed by atoms with Gasteiger partial charge in [-0.3, -0.25) is 0 Å². The molecule has 21 heavy (non-hydrogen) atoms. The van der Waals surface area contributed by atoms with Gasteiger partial charge in [0.15, 0.2) is 0 Å². The van der Waals surface area contributed by atoms with Crippen LogP contribution in [0, 0.1) is 0 Å². The lowest BCUT2D eigenvalue weighted by Gasteiger charge is -2.41. The van der Waals surface area contributed by atoms with Crippen LogP contribution in [-0.4, -0.2) is 39.6 Å². The topological polar surface area (TPSA) is 62.9 Å². The van der Waals surface area contributed by atoms with Gasteiger partial charge in [0.2, 0.25) is 0 Å². The lowest BCUT2D eigenvalue weighted by Crippen LogP contribution is -2.48. The van der Waals surface area contributed by atoms with E-state index in [9.17, 15) is 0 Å². The summed E-state index contributed by atoms with van der Waals surface area (Å²) in [7, 11) is 3.29. The summed E-state index contributed by atoms with van der Waals surface area (Å²) in [5, 5.41) is 0. The summed E-state index contributed by atoms with van der Waals surface area (Å²) in [4.78, 5) is 0. The van der Waals surface area contributed by atoms with Gasteiger partial charge in [0, 0.05) is 38.2 Å². The molecule has 0 spiro atoms. The van der Waals surface area contributed by atoms with Crippen LogP contribution in [0.25, 0.3) is 0 Å². The molecule has 0 saturated carbocycles. The van der Waals surface area contributed by atoms with Gasteiger partial charge in [-0.1, -0.05) is 0 Å². The van der Waals surface area contributed by atoms with E-state index < -0.39 is 5.60 Å². The normalized spacial score (nSPS) is 19.0. The molecule has 1 aliphatic heterocycles. The van der Waals surface area contributed by atoms with E-state index in [1.54, 1.807) is 14.2 Å². The molecule has 0 aromatic heterocycles. The number of ether oxygens (including phenoxy) is 4. The highest BCUT2D eigenvalue weighted by Gasteiger charge is 2.41. The van der Waals surface area contributed by atoms with Gasteiger partial charge in [0.05, 0.1) is 25.9 Å². The molecular weight excluding hydrogens is 270 g/mol. The molecule has 5 heteroatoms. The minimum atomic E-state index is -0.410. The van der Waals surface area contributed by atoms with Crippen LogP contribution in [0.3, 0.4) is 0 Å². The highest BCUT2D eigenvalue weighted by molar-refractivity contribution is 5.43. The Bertz CT molecular complexity index is 452. The van der Waals surface area contributed by atoms with Crippen LogP contribution < -0.4 is 15.2 Å². The number of methoxy groups -OCH3 is 2. The monoisotopic (exact) mass is 295 g/mol. The fourth-order valence-electron chi connectivity index (χ4n) is 2.92. The molecular formula is C16H25NO4. The van der Waals surface area contributed by atoms with Gasteiger partial charge >= 0.3 is 0 Å². The number of rotatable bonds is 6. The first kappa shape index (κ1) is 16.1. The maximum absolute atomic E-state index is 6.57. The Balaban J connectivity index is 2.37. The van der Waals surface area contributed by atoms with Crippen LogP contribution >= 0.6 is 0 Å². The minimum Gasteiger partial charge on any atom is -0.497 e. The van der Waals surface area contributed by atoms with Crippen molar-refractivity contribution in [3.8, 4) is 11.5 Å². The van der Waals surface area contributed by atoms with Crippen LogP contribution in [0.2, 0.25) is 0 Å². The number of hydrogen-bond acceptors (Lipinski definition) is 5. The summed E-state index contributed by atoms with van der Waals surface area (Å²) >= 11 is 0. The predicted molar refractivity (Wildman–Crippen MR) is 80.9 cm³/mol. The van der Waals surface area contributed by atoms with Crippen LogP contribution in [0.4, 0.5) is 0 Å². The van der Waals surface area contributed by atoms with Gasteiger partial charge < -0.3 is 24.7 Å². The molecule has 1 aliphatic rings. The zero-order valence-electron chi connectivity index (χ0n) is 13.1. The molecule has 0 amide bonds. The van der Waals surface area contributed by atoms with E-state index in [0.29, 0.717) is 19.8 Å². The van der Waals surface area contributed by atoms with E-state index in [2.05, 4.69) is 0 Å². The molecule has 2 rings (SSSR count). The van der Waals surface area contributed by atoms with E-state index in [1.165, 1.54) is 0 Å². The Kier molecular flexibility index (Phi) is 5.45. The molecule has 0 radical (unpaired) electrons. The maximum Gasteiger partial charge on any atom is 0.124 e. The average molecular weight is 295 g/mol. The van der Waals surface area contributed by atoms with Gasteiger partial charge in [0.25, 0.3) is 0 Å². The number of benzene rings is 1. The van der Waals surface area contributed by atoms with Crippen molar-refractivity contribution in [1.29, 1.82) is 0 Å². The first-order valence-electron chi connectivity index (χ1n) is 7.36. The molecule has 1 fully saturated rings. The molecule has 1 saturated heterocycles. The Hall–Kier alpha value is -1.30. The second kappa shape index (κ2) is 7.11. The summed E-state index contributed by atoms with van der Waals surface area (Å²) in [6.45, 7) is 3.95. The first-order chi connectivity index (χ1) is 10.2. The van der Waals surface area contributed by atoms with Gasteiger partial charge in [-0.2, -0.15) is 0 Å². The second-order valence-corrected chi connectivity index (χ2v) is 5.20. The zero-order valence-corrected chi connectivity index (χ0v) is 13.1. The fourth-order valence-corrected chi connectivity index (χ4v) is 2.92. The highest BCUT2D eigenvalue weighted by Crippen LogP contribution is 2.40. The van der Waals surface area contributed by atoms with E-state index in [1.807, 2.05) is 25.1 Å².